The summed E-state index contributed by atoms with van der Waals surface area (Å²) in [5.74, 6) is 0.171. The molecule has 5 rings (SSSR count). The Balaban J connectivity index is 1.59. The van der Waals surface area contributed by atoms with Gasteiger partial charge in [-0.05, 0) is 43.3 Å². The van der Waals surface area contributed by atoms with E-state index in [1.165, 1.54) is 16.8 Å². The number of aromatic nitrogens is 5. The summed E-state index contributed by atoms with van der Waals surface area (Å²) in [5.41, 5.74) is 4.26. The average Bonchev–Trinajstić information content (AvgIpc) is 3.19. The lowest BCUT2D eigenvalue weighted by Gasteiger charge is -2.10. The summed E-state index contributed by atoms with van der Waals surface area (Å²) < 4.78 is 40.7. The Morgan fingerprint density at radius 1 is 0.909 bits per heavy atom. The predicted octanol–water partition coefficient (Wildman–Crippen LogP) is 5.92. The van der Waals surface area contributed by atoms with Gasteiger partial charge in [-0.1, -0.05) is 35.9 Å². The van der Waals surface area contributed by atoms with Crippen molar-refractivity contribution in [3.8, 4) is 22.5 Å². The van der Waals surface area contributed by atoms with E-state index in [9.17, 15) is 13.2 Å². The molecule has 0 aliphatic rings. The van der Waals surface area contributed by atoms with Gasteiger partial charge in [0.25, 0.3) is 0 Å². The summed E-state index contributed by atoms with van der Waals surface area (Å²) >= 11 is 0. The first kappa shape index (κ1) is 20.6. The molecule has 0 amide bonds. The number of anilines is 2. The number of nitrogens with zero attached hydrogens (tertiary/aromatic N) is 5. The fourth-order valence-electron chi connectivity index (χ4n) is 3.52. The van der Waals surface area contributed by atoms with Crippen LogP contribution in [0.1, 0.15) is 11.1 Å². The zero-order valence-corrected chi connectivity index (χ0v) is 17.4. The minimum atomic E-state index is -4.44. The molecule has 0 aliphatic carbocycles. The van der Waals surface area contributed by atoms with Crippen LogP contribution in [0.3, 0.4) is 0 Å². The maximum Gasteiger partial charge on any atom is 0.416 e. The summed E-state index contributed by atoms with van der Waals surface area (Å²) in [6, 6.07) is 18.3. The monoisotopic (exact) mass is 446 g/mol. The van der Waals surface area contributed by atoms with Crippen LogP contribution < -0.4 is 5.32 Å². The molecule has 0 bridgehead atoms. The summed E-state index contributed by atoms with van der Waals surface area (Å²) in [6.45, 7) is 2.01. The fraction of sp³-hybridized carbons (Fsp3) is 0.0833. The van der Waals surface area contributed by atoms with Gasteiger partial charge >= 0.3 is 6.18 Å². The van der Waals surface area contributed by atoms with Crippen LogP contribution in [-0.2, 0) is 6.18 Å². The van der Waals surface area contributed by atoms with Crippen LogP contribution in [-0.4, -0.2) is 24.8 Å². The van der Waals surface area contributed by atoms with Gasteiger partial charge in [-0.15, -0.1) is 5.10 Å². The number of halogens is 3. The third-order valence-electron chi connectivity index (χ3n) is 5.10. The molecule has 0 unspecified atom stereocenters. The molecule has 0 fully saturated rings. The molecular formula is C24H17F3N6. The van der Waals surface area contributed by atoms with Gasteiger partial charge in [0.2, 0.25) is 5.95 Å². The molecule has 6 nitrogen and oxygen atoms in total. The number of rotatable bonds is 4. The van der Waals surface area contributed by atoms with Crippen molar-refractivity contribution in [2.75, 3.05) is 5.32 Å². The van der Waals surface area contributed by atoms with Gasteiger partial charge in [-0.25, -0.2) is 9.97 Å². The van der Waals surface area contributed by atoms with E-state index in [0.717, 1.165) is 34.3 Å². The Morgan fingerprint density at radius 3 is 2.52 bits per heavy atom. The molecule has 0 saturated heterocycles. The van der Waals surface area contributed by atoms with Crippen molar-refractivity contribution in [2.45, 2.75) is 13.1 Å². The van der Waals surface area contributed by atoms with Gasteiger partial charge in [0.1, 0.15) is 5.69 Å². The number of nitrogens with one attached hydrogen (secondary N) is 1. The second-order valence-electron chi connectivity index (χ2n) is 7.46. The molecule has 9 heteroatoms. The van der Waals surface area contributed by atoms with Crippen LogP contribution in [0.25, 0.3) is 28.0 Å². The van der Waals surface area contributed by atoms with Crippen LogP contribution in [0.4, 0.5) is 24.8 Å². The number of aryl methyl sites for hydroxylation is 1. The van der Waals surface area contributed by atoms with E-state index in [1.54, 1.807) is 18.5 Å². The molecule has 3 aromatic heterocycles. The van der Waals surface area contributed by atoms with Crippen LogP contribution in [0, 0.1) is 6.92 Å². The van der Waals surface area contributed by atoms with Crippen molar-refractivity contribution in [3.63, 3.8) is 0 Å². The van der Waals surface area contributed by atoms with Gasteiger partial charge in [0, 0.05) is 23.6 Å². The number of hydrogen-bond acceptors (Lipinski definition) is 5. The lowest BCUT2D eigenvalue weighted by molar-refractivity contribution is -0.137. The highest BCUT2D eigenvalue weighted by molar-refractivity contribution is 5.90. The van der Waals surface area contributed by atoms with E-state index in [1.807, 2.05) is 43.3 Å². The van der Waals surface area contributed by atoms with Crippen LogP contribution in [0.15, 0.2) is 79.1 Å². The molecule has 2 aromatic carbocycles. The summed E-state index contributed by atoms with van der Waals surface area (Å²) in [4.78, 5) is 8.76. The van der Waals surface area contributed by atoms with Crippen molar-refractivity contribution >= 4 is 17.2 Å². The van der Waals surface area contributed by atoms with Crippen LogP contribution in [0.2, 0.25) is 0 Å². The third-order valence-corrected chi connectivity index (χ3v) is 5.10. The Bertz CT molecular complexity index is 1440. The molecule has 164 valence electrons. The molecule has 3 heterocycles. The Hall–Kier alpha value is -4.27. The van der Waals surface area contributed by atoms with Gasteiger partial charge in [0.05, 0.1) is 22.3 Å². The van der Waals surface area contributed by atoms with E-state index in [-0.39, 0.29) is 11.6 Å². The zero-order valence-electron chi connectivity index (χ0n) is 17.4. The second-order valence-corrected chi connectivity index (χ2v) is 7.46. The quantitative estimate of drug-likeness (QED) is 0.371. The average molecular weight is 446 g/mol. The largest absolute Gasteiger partial charge is 0.416 e. The Morgan fingerprint density at radius 2 is 1.73 bits per heavy atom. The predicted molar refractivity (Wildman–Crippen MR) is 119 cm³/mol. The summed E-state index contributed by atoms with van der Waals surface area (Å²) in [6.07, 6.45) is -1.24. The summed E-state index contributed by atoms with van der Waals surface area (Å²) in [7, 11) is 0. The van der Waals surface area contributed by atoms with Crippen LogP contribution in [0.5, 0.6) is 0 Å². The molecule has 33 heavy (non-hydrogen) atoms. The maximum atomic E-state index is 13.1. The number of benzene rings is 2. The first-order valence-electron chi connectivity index (χ1n) is 10.1. The van der Waals surface area contributed by atoms with Gasteiger partial charge < -0.3 is 5.32 Å². The third kappa shape index (κ3) is 4.12. The van der Waals surface area contributed by atoms with Gasteiger partial charge in [-0.2, -0.15) is 22.9 Å². The minimum Gasteiger partial charge on any atom is -0.324 e. The zero-order chi connectivity index (χ0) is 23.0. The van der Waals surface area contributed by atoms with Gasteiger partial charge in [0.15, 0.2) is 0 Å². The normalized spacial score (nSPS) is 11.6. The van der Waals surface area contributed by atoms with Gasteiger partial charge in [-0.3, -0.25) is 0 Å². The molecule has 0 radical (unpaired) electrons. The Kier molecular flexibility index (Phi) is 5.01. The van der Waals surface area contributed by atoms with Crippen molar-refractivity contribution < 1.29 is 13.2 Å². The summed E-state index contributed by atoms with van der Waals surface area (Å²) in [5, 5.41) is 11.8. The van der Waals surface area contributed by atoms with Crippen molar-refractivity contribution in [2.24, 2.45) is 0 Å². The number of hydrogen-bond donors (Lipinski definition) is 1. The van der Waals surface area contributed by atoms with Crippen molar-refractivity contribution in [1.29, 1.82) is 0 Å². The molecule has 0 spiro atoms. The van der Waals surface area contributed by atoms with E-state index < -0.39 is 11.7 Å². The fourth-order valence-corrected chi connectivity index (χ4v) is 3.52. The smallest absolute Gasteiger partial charge is 0.324 e. The van der Waals surface area contributed by atoms with E-state index in [2.05, 4.69) is 25.5 Å². The van der Waals surface area contributed by atoms with E-state index in [0.29, 0.717) is 11.4 Å². The molecule has 5 aromatic rings. The molecule has 1 N–H and O–H groups in total. The second kappa shape index (κ2) is 8.01. The number of alkyl halides is 3. The minimum absolute atomic E-state index is 0.171. The topological polar surface area (TPSA) is 68.0 Å². The van der Waals surface area contributed by atoms with Crippen molar-refractivity contribution in [3.05, 3.63) is 90.3 Å². The van der Waals surface area contributed by atoms with E-state index in [4.69, 9.17) is 0 Å². The molecule has 0 atom stereocenters. The standard InChI is InChI=1S/C24H17F3N6/c1-15-7-9-16(10-8-15)22-21(20-6-3-12-29-33(20)32-22)19-11-13-28-23(31-19)30-18-5-2-4-17(14-18)24(25,26)27/h2-14H,1H3,(H,28,30,31). The SMILES string of the molecule is Cc1ccc(-c2nn3ncccc3c2-c2ccnc(Nc3cccc(C(F)(F)F)c3)n2)cc1. The molecular weight excluding hydrogens is 429 g/mol. The number of fused-ring (bicyclic) bond motifs is 1. The Labute approximate surface area is 186 Å². The lowest BCUT2D eigenvalue weighted by atomic mass is 10.0. The lowest BCUT2D eigenvalue weighted by Crippen LogP contribution is -2.05. The molecule has 0 saturated carbocycles. The first-order valence-corrected chi connectivity index (χ1v) is 10.1. The molecule has 0 aliphatic heterocycles. The van der Waals surface area contributed by atoms with Crippen LogP contribution >= 0.6 is 0 Å². The highest BCUT2D eigenvalue weighted by Gasteiger charge is 2.30. The highest BCUT2D eigenvalue weighted by atomic mass is 19.4. The van der Waals surface area contributed by atoms with E-state index >= 15 is 0 Å². The highest BCUT2D eigenvalue weighted by Crippen LogP contribution is 2.35. The maximum absolute atomic E-state index is 13.1. The van der Waals surface area contributed by atoms with Crippen molar-refractivity contribution in [1.82, 2.24) is 24.8 Å². The first-order chi connectivity index (χ1) is 15.9.